The lowest BCUT2D eigenvalue weighted by Gasteiger charge is -2.30. The van der Waals surface area contributed by atoms with Gasteiger partial charge in [0.25, 0.3) is 5.91 Å². The zero-order valence-electron chi connectivity index (χ0n) is 18.6. The lowest BCUT2D eigenvalue weighted by molar-refractivity contribution is 0.0925. The average molecular weight is 430 g/mol. The van der Waals surface area contributed by atoms with Crippen molar-refractivity contribution >= 4 is 22.5 Å². The fourth-order valence-corrected chi connectivity index (χ4v) is 4.81. The number of fused-ring (bicyclic) bond motifs is 1. The number of para-hydroxylation sites is 1. The Balaban J connectivity index is 1.24. The predicted octanol–water partition coefficient (Wildman–Crippen LogP) is 5.60. The van der Waals surface area contributed by atoms with E-state index >= 15 is 0 Å². The minimum absolute atomic E-state index is 0.0214. The number of aromatic nitrogens is 1. The number of benzene rings is 2. The van der Waals surface area contributed by atoms with E-state index in [0.717, 1.165) is 65.7 Å². The molecule has 5 heteroatoms. The van der Waals surface area contributed by atoms with Crippen LogP contribution in [0.5, 0.6) is 0 Å². The molecule has 166 valence electrons. The summed E-state index contributed by atoms with van der Waals surface area (Å²) in [6.45, 7) is 2.70. The van der Waals surface area contributed by atoms with Crippen molar-refractivity contribution < 1.29 is 9.63 Å². The van der Waals surface area contributed by atoms with Gasteiger partial charge < -0.3 is 15.1 Å². The third kappa shape index (κ3) is 4.57. The van der Waals surface area contributed by atoms with Gasteiger partial charge in [0.05, 0.1) is 11.3 Å². The highest BCUT2D eigenvalue weighted by Crippen LogP contribution is 2.31. The van der Waals surface area contributed by atoms with Crippen molar-refractivity contribution in [3.63, 3.8) is 0 Å². The molecule has 0 bridgehead atoms. The molecule has 2 saturated carbocycles. The standard InChI is InChI=1S/C27H31N3O2/c1-18-25(23-9-5-6-10-24(23)28-18)27(31)29-22-15-13-21(14-16-22)26(20-7-3-2-4-8-20)30-32-17-19-11-12-19/h2-10,19,21-22,28H,11-17H2,1H3,(H,29,31)/b30-26-/t21-,22-. The minimum atomic E-state index is 0.0214. The Morgan fingerprint density at radius 3 is 2.47 bits per heavy atom. The van der Waals surface area contributed by atoms with E-state index in [1.54, 1.807) is 0 Å². The summed E-state index contributed by atoms with van der Waals surface area (Å²) in [5.41, 5.74) is 4.90. The molecule has 2 aromatic carbocycles. The number of aryl methyl sites for hydroxylation is 1. The average Bonchev–Trinajstić information content (AvgIpc) is 3.57. The van der Waals surface area contributed by atoms with Crippen LogP contribution in [0.4, 0.5) is 0 Å². The molecule has 0 unspecified atom stereocenters. The summed E-state index contributed by atoms with van der Waals surface area (Å²) < 4.78 is 0. The minimum Gasteiger partial charge on any atom is -0.395 e. The molecule has 1 heterocycles. The molecule has 0 radical (unpaired) electrons. The molecule has 2 fully saturated rings. The Kier molecular flexibility index (Phi) is 5.97. The van der Waals surface area contributed by atoms with Gasteiger partial charge in [-0.05, 0) is 63.0 Å². The van der Waals surface area contributed by atoms with Crippen molar-refractivity contribution in [3.05, 3.63) is 71.4 Å². The number of carbonyl (C=O) groups excluding carboxylic acids is 1. The molecular weight excluding hydrogens is 398 g/mol. The van der Waals surface area contributed by atoms with E-state index in [1.807, 2.05) is 37.3 Å². The molecule has 2 aliphatic carbocycles. The normalized spacial score (nSPS) is 21.5. The topological polar surface area (TPSA) is 66.5 Å². The maximum Gasteiger partial charge on any atom is 0.253 e. The van der Waals surface area contributed by atoms with Gasteiger partial charge in [-0.25, -0.2) is 0 Å². The summed E-state index contributed by atoms with van der Waals surface area (Å²) in [5.74, 6) is 1.07. The number of aromatic amines is 1. The van der Waals surface area contributed by atoms with Crippen LogP contribution in [0.3, 0.4) is 0 Å². The Morgan fingerprint density at radius 2 is 1.72 bits per heavy atom. The van der Waals surface area contributed by atoms with E-state index < -0.39 is 0 Å². The van der Waals surface area contributed by atoms with Crippen LogP contribution in [-0.4, -0.2) is 29.3 Å². The molecular formula is C27H31N3O2. The van der Waals surface area contributed by atoms with Gasteiger partial charge in [0.15, 0.2) is 0 Å². The van der Waals surface area contributed by atoms with Crippen molar-refractivity contribution in [1.29, 1.82) is 0 Å². The second-order valence-corrected chi connectivity index (χ2v) is 9.27. The van der Waals surface area contributed by atoms with Crippen LogP contribution in [0.25, 0.3) is 10.9 Å². The summed E-state index contributed by atoms with van der Waals surface area (Å²) in [5, 5.41) is 8.87. The first-order valence-corrected chi connectivity index (χ1v) is 11.8. The van der Waals surface area contributed by atoms with Crippen molar-refractivity contribution in [1.82, 2.24) is 10.3 Å². The highest BCUT2D eigenvalue weighted by Gasteiger charge is 2.29. The van der Waals surface area contributed by atoms with Crippen molar-refractivity contribution in [2.24, 2.45) is 17.0 Å². The van der Waals surface area contributed by atoms with E-state index in [4.69, 9.17) is 4.84 Å². The van der Waals surface area contributed by atoms with Crippen LogP contribution in [-0.2, 0) is 4.84 Å². The number of hydrogen-bond acceptors (Lipinski definition) is 3. The van der Waals surface area contributed by atoms with Crippen LogP contribution in [0.1, 0.15) is 60.1 Å². The highest BCUT2D eigenvalue weighted by atomic mass is 16.6. The molecule has 3 aromatic rings. The molecule has 5 nitrogen and oxygen atoms in total. The third-order valence-electron chi connectivity index (χ3n) is 6.81. The van der Waals surface area contributed by atoms with Crippen LogP contribution in [0.15, 0.2) is 59.8 Å². The zero-order valence-corrected chi connectivity index (χ0v) is 18.6. The van der Waals surface area contributed by atoms with Gasteiger partial charge in [0.2, 0.25) is 0 Å². The molecule has 0 aliphatic heterocycles. The molecule has 2 aliphatic rings. The van der Waals surface area contributed by atoms with E-state index in [0.29, 0.717) is 11.8 Å². The maximum absolute atomic E-state index is 13.1. The number of amides is 1. The number of hydrogen-bond donors (Lipinski definition) is 2. The SMILES string of the molecule is Cc1[nH]c2ccccc2c1C(=O)N[C@H]1CC[C@H](/C(=N\OCC2CC2)c2ccccc2)CC1. The molecule has 0 saturated heterocycles. The van der Waals surface area contributed by atoms with Crippen LogP contribution in [0.2, 0.25) is 0 Å². The Morgan fingerprint density at radius 1 is 1.00 bits per heavy atom. The fraction of sp³-hybridized carbons (Fsp3) is 0.407. The Hall–Kier alpha value is -3.08. The van der Waals surface area contributed by atoms with E-state index in [9.17, 15) is 4.79 Å². The molecule has 0 spiro atoms. The van der Waals surface area contributed by atoms with Gasteiger partial charge in [0, 0.05) is 28.6 Å². The van der Waals surface area contributed by atoms with Crippen LogP contribution >= 0.6 is 0 Å². The third-order valence-corrected chi connectivity index (χ3v) is 6.81. The lowest BCUT2D eigenvalue weighted by Crippen LogP contribution is -2.39. The number of rotatable bonds is 7. The predicted molar refractivity (Wildman–Crippen MR) is 128 cm³/mol. The number of carbonyl (C=O) groups is 1. The fourth-order valence-electron chi connectivity index (χ4n) is 4.81. The number of oxime groups is 1. The van der Waals surface area contributed by atoms with Gasteiger partial charge in [-0.2, -0.15) is 0 Å². The van der Waals surface area contributed by atoms with Gasteiger partial charge >= 0.3 is 0 Å². The first-order valence-electron chi connectivity index (χ1n) is 11.8. The zero-order chi connectivity index (χ0) is 21.9. The van der Waals surface area contributed by atoms with E-state index in [1.165, 1.54) is 12.8 Å². The van der Waals surface area contributed by atoms with Crippen molar-refractivity contribution in [2.45, 2.75) is 51.5 Å². The molecule has 5 rings (SSSR count). The smallest absolute Gasteiger partial charge is 0.253 e. The quantitative estimate of drug-likeness (QED) is 0.379. The van der Waals surface area contributed by atoms with Gasteiger partial charge in [-0.1, -0.05) is 53.7 Å². The summed E-state index contributed by atoms with van der Waals surface area (Å²) in [6, 6.07) is 18.6. The summed E-state index contributed by atoms with van der Waals surface area (Å²) in [4.78, 5) is 22.1. The van der Waals surface area contributed by atoms with E-state index in [2.05, 4.69) is 39.7 Å². The van der Waals surface area contributed by atoms with Gasteiger partial charge in [0.1, 0.15) is 6.61 Å². The second kappa shape index (κ2) is 9.19. The largest absolute Gasteiger partial charge is 0.395 e. The van der Waals surface area contributed by atoms with Crippen LogP contribution < -0.4 is 5.32 Å². The molecule has 1 aromatic heterocycles. The van der Waals surface area contributed by atoms with Gasteiger partial charge in [-0.3, -0.25) is 4.79 Å². The monoisotopic (exact) mass is 429 g/mol. The van der Waals surface area contributed by atoms with Crippen molar-refractivity contribution in [2.75, 3.05) is 6.61 Å². The van der Waals surface area contributed by atoms with Crippen LogP contribution in [0, 0.1) is 18.8 Å². The lowest BCUT2D eigenvalue weighted by atomic mass is 9.81. The molecule has 0 atom stereocenters. The number of H-pyrrole nitrogens is 1. The van der Waals surface area contributed by atoms with Gasteiger partial charge in [-0.15, -0.1) is 0 Å². The first kappa shape index (κ1) is 20.8. The first-order chi connectivity index (χ1) is 15.7. The Bertz CT molecular complexity index is 1110. The highest BCUT2D eigenvalue weighted by molar-refractivity contribution is 6.08. The van der Waals surface area contributed by atoms with E-state index in [-0.39, 0.29) is 11.9 Å². The Labute approximate surface area is 189 Å². The summed E-state index contributed by atoms with van der Waals surface area (Å²) in [6.07, 6.45) is 6.42. The summed E-state index contributed by atoms with van der Waals surface area (Å²) >= 11 is 0. The maximum atomic E-state index is 13.1. The number of nitrogens with zero attached hydrogens (tertiary/aromatic N) is 1. The number of nitrogens with one attached hydrogen (secondary N) is 2. The molecule has 1 amide bonds. The van der Waals surface area contributed by atoms with Crippen molar-refractivity contribution in [3.8, 4) is 0 Å². The molecule has 2 N–H and O–H groups in total. The molecule has 32 heavy (non-hydrogen) atoms. The second-order valence-electron chi connectivity index (χ2n) is 9.27. The summed E-state index contributed by atoms with van der Waals surface area (Å²) in [7, 11) is 0.